The van der Waals surface area contributed by atoms with Gasteiger partial charge in [0.15, 0.2) is 0 Å². The zero-order chi connectivity index (χ0) is 13.7. The minimum absolute atomic E-state index is 0.146. The summed E-state index contributed by atoms with van der Waals surface area (Å²) in [6, 6.07) is 11.9. The first kappa shape index (κ1) is 13.3. The molecule has 0 spiro atoms. The van der Waals surface area contributed by atoms with Crippen LogP contribution in [-0.2, 0) is 6.42 Å². The molecule has 0 N–H and O–H groups in total. The van der Waals surface area contributed by atoms with E-state index in [4.69, 9.17) is 0 Å². The fourth-order valence-electron chi connectivity index (χ4n) is 1.83. The highest BCUT2D eigenvalue weighted by Gasteiger charge is 2.09. The molecule has 0 radical (unpaired) electrons. The van der Waals surface area contributed by atoms with E-state index in [-0.39, 0.29) is 5.56 Å². The minimum Gasteiger partial charge on any atom is -0.207 e. The Morgan fingerprint density at radius 2 is 1.47 bits per heavy atom. The SMILES string of the molecule is CCCc1c(F)cc(C#Cc2ccccc2)cc1F. The standard InChI is InChI=1S/C17H14F2/c1-2-6-15-16(18)11-14(12-17(15)19)10-9-13-7-4-3-5-8-13/h3-5,7-8,11-12H,2,6H2,1H3. The van der Waals surface area contributed by atoms with E-state index in [2.05, 4.69) is 11.8 Å². The molecule has 96 valence electrons. The summed E-state index contributed by atoms with van der Waals surface area (Å²) < 4.78 is 27.4. The lowest BCUT2D eigenvalue weighted by Gasteiger charge is -2.03. The van der Waals surface area contributed by atoms with Gasteiger partial charge in [-0.25, -0.2) is 8.78 Å². The van der Waals surface area contributed by atoms with Crippen molar-refractivity contribution in [2.75, 3.05) is 0 Å². The maximum absolute atomic E-state index is 13.7. The first-order valence-corrected chi connectivity index (χ1v) is 6.25. The normalized spacial score (nSPS) is 9.84. The molecule has 19 heavy (non-hydrogen) atoms. The number of benzene rings is 2. The molecule has 2 heteroatoms. The van der Waals surface area contributed by atoms with Gasteiger partial charge in [-0.3, -0.25) is 0 Å². The van der Waals surface area contributed by atoms with Crippen LogP contribution < -0.4 is 0 Å². The average molecular weight is 256 g/mol. The van der Waals surface area contributed by atoms with E-state index in [0.29, 0.717) is 18.4 Å². The summed E-state index contributed by atoms with van der Waals surface area (Å²) in [5.41, 5.74) is 1.33. The molecule has 0 saturated heterocycles. The van der Waals surface area contributed by atoms with E-state index in [1.807, 2.05) is 37.3 Å². The Morgan fingerprint density at radius 1 is 0.895 bits per heavy atom. The Balaban J connectivity index is 2.30. The van der Waals surface area contributed by atoms with Crippen LogP contribution in [0.1, 0.15) is 30.0 Å². The summed E-state index contributed by atoms with van der Waals surface area (Å²) >= 11 is 0. The first-order chi connectivity index (χ1) is 9.20. The zero-order valence-electron chi connectivity index (χ0n) is 10.7. The first-order valence-electron chi connectivity index (χ1n) is 6.25. The Kier molecular flexibility index (Phi) is 4.30. The van der Waals surface area contributed by atoms with Crippen molar-refractivity contribution in [3.05, 3.63) is 70.8 Å². The molecule has 0 fully saturated rings. The van der Waals surface area contributed by atoms with Crippen molar-refractivity contribution in [2.24, 2.45) is 0 Å². The number of hydrogen-bond acceptors (Lipinski definition) is 0. The van der Waals surface area contributed by atoms with Gasteiger partial charge in [0, 0.05) is 16.7 Å². The molecule has 0 nitrogen and oxygen atoms in total. The van der Waals surface area contributed by atoms with Gasteiger partial charge in [0.1, 0.15) is 11.6 Å². The average Bonchev–Trinajstić information content (AvgIpc) is 2.42. The van der Waals surface area contributed by atoms with E-state index in [9.17, 15) is 8.78 Å². The van der Waals surface area contributed by atoms with Crippen molar-refractivity contribution in [2.45, 2.75) is 19.8 Å². The predicted molar refractivity (Wildman–Crippen MR) is 72.8 cm³/mol. The van der Waals surface area contributed by atoms with Crippen molar-refractivity contribution in [1.82, 2.24) is 0 Å². The van der Waals surface area contributed by atoms with Crippen LogP contribution >= 0.6 is 0 Å². The third kappa shape index (κ3) is 3.42. The van der Waals surface area contributed by atoms with Gasteiger partial charge in [-0.2, -0.15) is 0 Å². The summed E-state index contributed by atoms with van der Waals surface area (Å²) in [5.74, 6) is 4.64. The molecule has 0 aliphatic heterocycles. The van der Waals surface area contributed by atoms with Gasteiger partial charge < -0.3 is 0 Å². The molecule has 0 aromatic heterocycles. The van der Waals surface area contributed by atoms with Crippen LogP contribution in [0.3, 0.4) is 0 Å². The Bertz CT molecular complexity index is 596. The van der Waals surface area contributed by atoms with Crippen LogP contribution in [0.25, 0.3) is 0 Å². The largest absolute Gasteiger partial charge is 0.207 e. The van der Waals surface area contributed by atoms with Crippen LogP contribution in [0.5, 0.6) is 0 Å². The predicted octanol–water partition coefficient (Wildman–Crippen LogP) is 4.32. The highest BCUT2D eigenvalue weighted by atomic mass is 19.1. The smallest absolute Gasteiger partial charge is 0.130 e. The molecule has 2 rings (SSSR count). The Hall–Kier alpha value is -2.14. The van der Waals surface area contributed by atoms with Crippen molar-refractivity contribution in [1.29, 1.82) is 0 Å². The minimum atomic E-state index is -0.515. The molecule has 2 aromatic carbocycles. The quantitative estimate of drug-likeness (QED) is 0.702. The van der Waals surface area contributed by atoms with Gasteiger partial charge in [-0.15, -0.1) is 0 Å². The third-order valence-electron chi connectivity index (χ3n) is 2.77. The summed E-state index contributed by atoms with van der Waals surface area (Å²) in [4.78, 5) is 0. The van der Waals surface area contributed by atoms with Crippen LogP contribution in [-0.4, -0.2) is 0 Å². The second kappa shape index (κ2) is 6.15. The van der Waals surface area contributed by atoms with Crippen molar-refractivity contribution in [3.8, 4) is 11.8 Å². The maximum Gasteiger partial charge on any atom is 0.130 e. The Morgan fingerprint density at radius 3 is 2.05 bits per heavy atom. The molecule has 2 aromatic rings. The second-order valence-electron chi connectivity index (χ2n) is 4.28. The highest BCUT2D eigenvalue weighted by molar-refractivity contribution is 5.44. The topological polar surface area (TPSA) is 0 Å². The monoisotopic (exact) mass is 256 g/mol. The Labute approximate surface area is 112 Å². The van der Waals surface area contributed by atoms with Gasteiger partial charge in [0.25, 0.3) is 0 Å². The molecule has 0 aliphatic rings. The number of halogens is 2. The lowest BCUT2D eigenvalue weighted by atomic mass is 10.1. The molecule has 0 amide bonds. The van der Waals surface area contributed by atoms with E-state index in [1.54, 1.807) is 0 Å². The van der Waals surface area contributed by atoms with E-state index >= 15 is 0 Å². The van der Waals surface area contributed by atoms with Crippen molar-refractivity contribution < 1.29 is 8.78 Å². The van der Waals surface area contributed by atoms with Crippen LogP contribution in [0, 0.1) is 23.5 Å². The zero-order valence-corrected chi connectivity index (χ0v) is 10.7. The fraction of sp³-hybridized carbons (Fsp3) is 0.176. The molecular weight excluding hydrogens is 242 g/mol. The van der Waals surface area contributed by atoms with Crippen molar-refractivity contribution in [3.63, 3.8) is 0 Å². The lowest BCUT2D eigenvalue weighted by Crippen LogP contribution is -1.96. The molecule has 0 atom stereocenters. The van der Waals surface area contributed by atoms with Crippen LogP contribution in [0.15, 0.2) is 42.5 Å². The summed E-state index contributed by atoms with van der Waals surface area (Å²) in [6.07, 6.45) is 1.12. The van der Waals surface area contributed by atoms with Gasteiger partial charge in [-0.05, 0) is 30.7 Å². The molecule has 0 bridgehead atoms. The number of rotatable bonds is 2. The van der Waals surface area contributed by atoms with Crippen molar-refractivity contribution >= 4 is 0 Å². The third-order valence-corrected chi connectivity index (χ3v) is 2.77. The van der Waals surface area contributed by atoms with E-state index < -0.39 is 11.6 Å². The molecule has 0 heterocycles. The maximum atomic E-state index is 13.7. The van der Waals surface area contributed by atoms with Gasteiger partial charge in [-0.1, -0.05) is 43.4 Å². The summed E-state index contributed by atoms with van der Waals surface area (Å²) in [6.45, 7) is 1.89. The molecule has 0 aliphatic carbocycles. The molecular formula is C17H14F2. The summed E-state index contributed by atoms with van der Waals surface area (Å²) in [7, 11) is 0. The highest BCUT2D eigenvalue weighted by Crippen LogP contribution is 2.16. The van der Waals surface area contributed by atoms with Gasteiger partial charge in [0.05, 0.1) is 0 Å². The summed E-state index contributed by atoms with van der Waals surface area (Å²) in [5, 5.41) is 0. The molecule has 0 unspecified atom stereocenters. The number of hydrogen-bond donors (Lipinski definition) is 0. The van der Waals surface area contributed by atoms with Crippen LogP contribution in [0.4, 0.5) is 8.78 Å². The second-order valence-corrected chi connectivity index (χ2v) is 4.28. The fourth-order valence-corrected chi connectivity index (χ4v) is 1.83. The van der Waals surface area contributed by atoms with Crippen LogP contribution in [0.2, 0.25) is 0 Å². The molecule has 0 saturated carbocycles. The van der Waals surface area contributed by atoms with Gasteiger partial charge >= 0.3 is 0 Å². The van der Waals surface area contributed by atoms with E-state index in [0.717, 1.165) is 5.56 Å². The van der Waals surface area contributed by atoms with Gasteiger partial charge in [0.2, 0.25) is 0 Å². The lowest BCUT2D eigenvalue weighted by molar-refractivity contribution is 0.552. The van der Waals surface area contributed by atoms with E-state index in [1.165, 1.54) is 12.1 Å².